The quantitative estimate of drug-likeness (QED) is 0.492. The van der Waals surface area contributed by atoms with E-state index in [9.17, 15) is 10.1 Å². The molecule has 0 spiro atoms. The molecule has 1 heterocycles. The van der Waals surface area contributed by atoms with Crippen molar-refractivity contribution in [1.29, 1.82) is 0 Å². The summed E-state index contributed by atoms with van der Waals surface area (Å²) >= 11 is 5.73. The summed E-state index contributed by atoms with van der Waals surface area (Å²) in [5, 5.41) is 13.0. The lowest BCUT2D eigenvalue weighted by Crippen LogP contribution is -2.22. The van der Waals surface area contributed by atoms with Crippen LogP contribution in [-0.4, -0.2) is 5.21 Å². The highest BCUT2D eigenvalue weighted by molar-refractivity contribution is 6.20. The van der Waals surface area contributed by atoms with Crippen molar-refractivity contribution >= 4 is 17.3 Å². The van der Waals surface area contributed by atoms with E-state index in [0.29, 0.717) is 11.3 Å². The molecule has 0 bridgehead atoms. The van der Waals surface area contributed by atoms with E-state index in [-0.39, 0.29) is 0 Å². The van der Waals surface area contributed by atoms with Gasteiger partial charge in [0.1, 0.15) is 11.3 Å². The van der Waals surface area contributed by atoms with Gasteiger partial charge in [-0.2, -0.15) is 0 Å². The molecule has 0 saturated carbocycles. The van der Waals surface area contributed by atoms with Crippen LogP contribution in [0.4, 0.5) is 5.69 Å². The average Bonchev–Trinajstić information content (AvgIpc) is 2.48. The molecule has 0 aliphatic carbocycles. The molecule has 0 saturated heterocycles. The Morgan fingerprint density at radius 2 is 2.25 bits per heavy atom. The summed E-state index contributed by atoms with van der Waals surface area (Å²) < 4.78 is 0. The maximum atomic E-state index is 10.4. The summed E-state index contributed by atoms with van der Waals surface area (Å²) in [5.74, 6) is 0. The fourth-order valence-corrected chi connectivity index (χ4v) is 1.86. The lowest BCUT2D eigenvalue weighted by molar-refractivity contribution is -0.111. The van der Waals surface area contributed by atoms with E-state index in [1.807, 2.05) is 13.8 Å². The Balaban J connectivity index is 2.50. The number of hydrogen-bond donors (Lipinski definition) is 1. The topological polar surface area (TPSA) is 62.1 Å². The molecule has 1 N–H and O–H groups in total. The van der Waals surface area contributed by atoms with E-state index in [4.69, 9.17) is 16.4 Å². The number of halogens is 1. The molecule has 2 rings (SSSR count). The lowest BCUT2D eigenvalue weighted by atomic mass is 9.95. The number of alkyl halides is 1. The van der Waals surface area contributed by atoms with Crippen LogP contribution >= 0.6 is 11.6 Å². The Hall–Kier alpha value is -1.17. The summed E-state index contributed by atoms with van der Waals surface area (Å²) in [7, 11) is 0. The number of anilines is 1. The summed E-state index contributed by atoms with van der Waals surface area (Å²) in [6.07, 6.45) is 0. The summed E-state index contributed by atoms with van der Waals surface area (Å²) in [5.41, 5.74) is 0.320. The minimum absolute atomic E-state index is 0.545. The molecule has 86 valence electrons. The monoisotopic (exact) mass is 242 g/mol. The van der Waals surface area contributed by atoms with Crippen molar-refractivity contribution in [2.45, 2.75) is 24.9 Å². The molecule has 1 atom stereocenters. The molecule has 0 aromatic heterocycles. The van der Waals surface area contributed by atoms with Gasteiger partial charge in [-0.05, 0) is 36.7 Å². The second-order valence-corrected chi connectivity index (χ2v) is 4.51. The summed E-state index contributed by atoms with van der Waals surface area (Å²) in [6, 6.07) is 4.98. The fourth-order valence-electron chi connectivity index (χ4n) is 1.73. The highest BCUT2D eigenvalue weighted by atomic mass is 35.5. The van der Waals surface area contributed by atoms with E-state index in [1.54, 1.807) is 18.2 Å². The average molecular weight is 243 g/mol. The highest BCUT2D eigenvalue weighted by Gasteiger charge is 2.37. The van der Waals surface area contributed by atoms with Gasteiger partial charge in [0.2, 0.25) is 0 Å². The first-order valence-electron chi connectivity index (χ1n) is 4.75. The predicted molar refractivity (Wildman–Crippen MR) is 59.2 cm³/mol. The maximum Gasteiger partial charge on any atom is 0.190 e. The first-order chi connectivity index (χ1) is 7.45. The molecule has 0 radical (unpaired) electrons. The smallest absolute Gasteiger partial charge is 0.190 e. The van der Waals surface area contributed by atoms with Gasteiger partial charge >= 0.3 is 0 Å². The van der Waals surface area contributed by atoms with Gasteiger partial charge in [-0.3, -0.25) is 5.21 Å². The van der Waals surface area contributed by atoms with Crippen LogP contribution in [0.15, 0.2) is 23.4 Å². The second kappa shape index (κ2) is 3.69. The van der Waals surface area contributed by atoms with Crippen molar-refractivity contribution in [3.8, 4) is 0 Å². The number of benzene rings is 1. The van der Waals surface area contributed by atoms with Gasteiger partial charge in [0.25, 0.3) is 0 Å². The largest absolute Gasteiger partial charge is 0.264 e. The minimum atomic E-state index is -0.922. The van der Waals surface area contributed by atoms with Crippen LogP contribution in [0.3, 0.4) is 0 Å². The Morgan fingerprint density at radius 1 is 1.56 bits per heavy atom. The van der Waals surface area contributed by atoms with E-state index >= 15 is 0 Å². The molecule has 1 unspecified atom stereocenters. The van der Waals surface area contributed by atoms with Crippen molar-refractivity contribution in [2.75, 3.05) is 5.23 Å². The lowest BCUT2D eigenvalue weighted by Gasteiger charge is -2.17. The number of rotatable bonds is 2. The van der Waals surface area contributed by atoms with E-state index in [1.165, 1.54) is 0 Å². The van der Waals surface area contributed by atoms with Crippen LogP contribution in [-0.2, 0) is 10.4 Å². The van der Waals surface area contributed by atoms with Crippen molar-refractivity contribution in [3.05, 3.63) is 34.2 Å². The summed E-state index contributed by atoms with van der Waals surface area (Å²) in [4.78, 5) is 15.6. The molecule has 6 heteroatoms. The predicted octanol–water partition coefficient (Wildman–Crippen LogP) is 3.07. The first kappa shape index (κ1) is 11.3. The molecule has 1 aromatic rings. The molecular weight excluding hydrogens is 232 g/mol. The third-order valence-electron chi connectivity index (χ3n) is 2.56. The SMILES string of the molecule is CC1(C)ON(O)c2ccc(C(Cl)N=O)cc21. The highest BCUT2D eigenvalue weighted by Crippen LogP contribution is 2.42. The van der Waals surface area contributed by atoms with Gasteiger partial charge in [-0.15, -0.1) is 10.1 Å². The molecule has 1 aliphatic heterocycles. The number of nitrogens with zero attached hydrogens (tertiary/aromatic N) is 2. The van der Waals surface area contributed by atoms with E-state index in [0.717, 1.165) is 10.8 Å². The van der Waals surface area contributed by atoms with Crippen LogP contribution in [0.2, 0.25) is 0 Å². The minimum Gasteiger partial charge on any atom is -0.264 e. The molecule has 1 aromatic carbocycles. The standard InChI is InChI=1S/C10H11ClN2O3/c1-10(2)7-5-6(9(11)12-14)3-4-8(7)13(15)16-10/h3-5,9,15H,1-2H3. The normalized spacial score (nSPS) is 19.4. The molecule has 0 amide bonds. The van der Waals surface area contributed by atoms with Crippen molar-refractivity contribution in [3.63, 3.8) is 0 Å². The van der Waals surface area contributed by atoms with E-state index < -0.39 is 11.1 Å². The zero-order chi connectivity index (χ0) is 11.9. The second-order valence-electron chi connectivity index (χ2n) is 4.09. The Labute approximate surface area is 97.5 Å². The van der Waals surface area contributed by atoms with Gasteiger partial charge in [0, 0.05) is 5.56 Å². The van der Waals surface area contributed by atoms with Crippen molar-refractivity contribution < 1.29 is 10.0 Å². The molecule has 16 heavy (non-hydrogen) atoms. The number of fused-ring (bicyclic) bond motifs is 1. The van der Waals surface area contributed by atoms with E-state index in [2.05, 4.69) is 5.18 Å². The van der Waals surface area contributed by atoms with Crippen LogP contribution in [0.25, 0.3) is 0 Å². The molecular formula is C10H11ClN2O3. The Bertz CT molecular complexity index is 436. The first-order valence-corrected chi connectivity index (χ1v) is 5.18. The fraction of sp³-hybridized carbons (Fsp3) is 0.400. The van der Waals surface area contributed by atoms with Crippen LogP contribution in [0.5, 0.6) is 0 Å². The number of hydrogen-bond acceptors (Lipinski definition) is 5. The van der Waals surface area contributed by atoms with Crippen LogP contribution in [0.1, 0.15) is 30.5 Å². The third kappa shape index (κ3) is 1.67. The van der Waals surface area contributed by atoms with Gasteiger partial charge in [0.05, 0.1) is 0 Å². The Morgan fingerprint density at radius 3 is 2.88 bits per heavy atom. The zero-order valence-electron chi connectivity index (χ0n) is 8.85. The summed E-state index contributed by atoms with van der Waals surface area (Å²) in [6.45, 7) is 3.62. The zero-order valence-corrected chi connectivity index (χ0v) is 9.60. The van der Waals surface area contributed by atoms with Crippen molar-refractivity contribution in [2.24, 2.45) is 5.18 Å². The Kier molecular flexibility index (Phi) is 2.61. The molecule has 1 aliphatic rings. The van der Waals surface area contributed by atoms with Gasteiger partial charge in [-0.1, -0.05) is 17.7 Å². The van der Waals surface area contributed by atoms with Crippen LogP contribution in [0, 0.1) is 4.91 Å². The van der Waals surface area contributed by atoms with Gasteiger partial charge in [-0.25, -0.2) is 4.84 Å². The maximum absolute atomic E-state index is 10.4. The van der Waals surface area contributed by atoms with Crippen LogP contribution < -0.4 is 5.23 Å². The van der Waals surface area contributed by atoms with Gasteiger partial charge in [0.15, 0.2) is 5.50 Å². The number of nitroso groups, excluding NO2 is 1. The van der Waals surface area contributed by atoms with Gasteiger partial charge < -0.3 is 0 Å². The van der Waals surface area contributed by atoms with Crippen molar-refractivity contribution in [1.82, 2.24) is 0 Å². The third-order valence-corrected chi connectivity index (χ3v) is 2.89. The molecule has 5 nitrogen and oxygen atoms in total. The molecule has 0 fully saturated rings.